The SMILES string of the molecule is c1ccc(-c2nnc(-c3ccc4ncsc4c3)o2)cc1. The van der Waals surface area contributed by atoms with Gasteiger partial charge in [-0.3, -0.25) is 0 Å². The van der Waals surface area contributed by atoms with Crippen LogP contribution in [0.25, 0.3) is 33.1 Å². The molecule has 0 aliphatic rings. The molecule has 2 aromatic heterocycles. The molecule has 0 N–H and O–H groups in total. The lowest BCUT2D eigenvalue weighted by Crippen LogP contribution is -1.77. The highest BCUT2D eigenvalue weighted by Gasteiger charge is 2.11. The molecule has 0 fully saturated rings. The number of benzene rings is 2. The third-order valence-electron chi connectivity index (χ3n) is 3.02. The second kappa shape index (κ2) is 4.54. The van der Waals surface area contributed by atoms with Crippen LogP contribution in [0.4, 0.5) is 0 Å². The Morgan fingerprint density at radius 3 is 2.50 bits per heavy atom. The summed E-state index contributed by atoms with van der Waals surface area (Å²) in [5.74, 6) is 1.06. The van der Waals surface area contributed by atoms with Crippen LogP contribution >= 0.6 is 11.3 Å². The average molecular weight is 279 g/mol. The highest BCUT2D eigenvalue weighted by molar-refractivity contribution is 7.16. The highest BCUT2D eigenvalue weighted by atomic mass is 32.1. The molecule has 96 valence electrons. The Labute approximate surface area is 118 Å². The van der Waals surface area contributed by atoms with Gasteiger partial charge in [-0.15, -0.1) is 21.5 Å². The molecule has 0 aliphatic heterocycles. The van der Waals surface area contributed by atoms with E-state index in [9.17, 15) is 0 Å². The maximum atomic E-state index is 5.74. The zero-order valence-electron chi connectivity index (χ0n) is 10.4. The standard InChI is InChI=1S/C15H9N3OS/c1-2-4-10(5-3-1)14-17-18-15(19-14)11-6-7-12-13(8-11)20-9-16-12/h1-9H. The average Bonchev–Trinajstić information content (AvgIpc) is 3.16. The van der Waals surface area contributed by atoms with Crippen molar-refractivity contribution >= 4 is 21.6 Å². The molecular formula is C15H9N3OS. The van der Waals surface area contributed by atoms with Crippen LogP contribution in [-0.2, 0) is 0 Å². The third-order valence-corrected chi connectivity index (χ3v) is 3.82. The van der Waals surface area contributed by atoms with Crippen molar-refractivity contribution in [2.24, 2.45) is 0 Å². The monoisotopic (exact) mass is 279 g/mol. The first kappa shape index (κ1) is 11.3. The van der Waals surface area contributed by atoms with E-state index in [2.05, 4.69) is 15.2 Å². The summed E-state index contributed by atoms with van der Waals surface area (Å²) in [5.41, 5.74) is 4.65. The first-order chi connectivity index (χ1) is 9.90. The Hall–Kier alpha value is -2.53. The Morgan fingerprint density at radius 1 is 0.850 bits per heavy atom. The molecule has 2 aromatic carbocycles. The zero-order valence-corrected chi connectivity index (χ0v) is 11.2. The van der Waals surface area contributed by atoms with E-state index < -0.39 is 0 Å². The Kier molecular flexibility index (Phi) is 2.57. The number of aromatic nitrogens is 3. The second-order valence-corrected chi connectivity index (χ2v) is 5.20. The summed E-state index contributed by atoms with van der Waals surface area (Å²) in [6.07, 6.45) is 0. The van der Waals surface area contributed by atoms with E-state index in [-0.39, 0.29) is 0 Å². The van der Waals surface area contributed by atoms with Gasteiger partial charge in [0.15, 0.2) is 0 Å². The number of hydrogen-bond acceptors (Lipinski definition) is 5. The molecular weight excluding hydrogens is 270 g/mol. The van der Waals surface area contributed by atoms with E-state index in [0.29, 0.717) is 11.8 Å². The van der Waals surface area contributed by atoms with Crippen LogP contribution in [0.1, 0.15) is 0 Å². The summed E-state index contributed by atoms with van der Waals surface area (Å²) in [7, 11) is 0. The minimum atomic E-state index is 0.527. The quantitative estimate of drug-likeness (QED) is 0.556. The summed E-state index contributed by atoms with van der Waals surface area (Å²) in [4.78, 5) is 4.26. The molecule has 0 amide bonds. The van der Waals surface area contributed by atoms with Gasteiger partial charge in [0.1, 0.15) is 0 Å². The lowest BCUT2D eigenvalue weighted by Gasteiger charge is -1.95. The highest BCUT2D eigenvalue weighted by Crippen LogP contribution is 2.27. The maximum absolute atomic E-state index is 5.74. The Bertz CT molecular complexity index is 867. The normalized spacial score (nSPS) is 11.0. The second-order valence-electron chi connectivity index (χ2n) is 4.31. The van der Waals surface area contributed by atoms with Gasteiger partial charge in [-0.2, -0.15) is 0 Å². The molecule has 0 spiro atoms. The van der Waals surface area contributed by atoms with Crippen molar-refractivity contribution in [3.63, 3.8) is 0 Å². The van der Waals surface area contributed by atoms with Crippen molar-refractivity contribution in [3.05, 3.63) is 54.0 Å². The van der Waals surface area contributed by atoms with Crippen LogP contribution < -0.4 is 0 Å². The van der Waals surface area contributed by atoms with Crippen LogP contribution in [0.5, 0.6) is 0 Å². The van der Waals surface area contributed by atoms with Gasteiger partial charge >= 0.3 is 0 Å². The van der Waals surface area contributed by atoms with Crippen molar-refractivity contribution in [1.82, 2.24) is 15.2 Å². The van der Waals surface area contributed by atoms with Crippen LogP contribution in [0.15, 0.2) is 58.5 Å². The summed E-state index contributed by atoms with van der Waals surface area (Å²) in [6, 6.07) is 15.7. The smallest absolute Gasteiger partial charge is 0.248 e. The lowest BCUT2D eigenvalue weighted by atomic mass is 10.2. The first-order valence-electron chi connectivity index (χ1n) is 6.13. The molecule has 0 atom stereocenters. The van der Waals surface area contributed by atoms with Gasteiger partial charge in [0.05, 0.1) is 15.7 Å². The van der Waals surface area contributed by atoms with Crippen molar-refractivity contribution in [2.45, 2.75) is 0 Å². The van der Waals surface area contributed by atoms with Gasteiger partial charge in [-0.1, -0.05) is 18.2 Å². The predicted octanol–water partition coefficient (Wildman–Crippen LogP) is 4.01. The summed E-state index contributed by atoms with van der Waals surface area (Å²) in [5, 5.41) is 8.22. The number of thiazole rings is 1. The minimum absolute atomic E-state index is 0.527. The molecule has 20 heavy (non-hydrogen) atoms. The molecule has 4 nitrogen and oxygen atoms in total. The van der Waals surface area contributed by atoms with Crippen molar-refractivity contribution in [1.29, 1.82) is 0 Å². The van der Waals surface area contributed by atoms with Crippen molar-refractivity contribution in [3.8, 4) is 22.9 Å². The zero-order chi connectivity index (χ0) is 13.4. The van der Waals surface area contributed by atoms with Gasteiger partial charge in [0.2, 0.25) is 11.8 Å². The van der Waals surface area contributed by atoms with Crippen LogP contribution in [-0.4, -0.2) is 15.2 Å². The fourth-order valence-corrected chi connectivity index (χ4v) is 2.74. The number of nitrogens with zero attached hydrogens (tertiary/aromatic N) is 3. The molecule has 2 heterocycles. The Morgan fingerprint density at radius 2 is 1.65 bits per heavy atom. The number of rotatable bonds is 2. The first-order valence-corrected chi connectivity index (χ1v) is 7.01. The molecule has 0 bridgehead atoms. The minimum Gasteiger partial charge on any atom is -0.416 e. The van der Waals surface area contributed by atoms with E-state index in [4.69, 9.17) is 4.42 Å². The fourth-order valence-electron chi connectivity index (χ4n) is 2.03. The van der Waals surface area contributed by atoms with Crippen LogP contribution in [0.2, 0.25) is 0 Å². The fraction of sp³-hybridized carbons (Fsp3) is 0. The van der Waals surface area contributed by atoms with E-state index in [1.807, 2.05) is 54.0 Å². The van der Waals surface area contributed by atoms with Crippen molar-refractivity contribution < 1.29 is 4.42 Å². The topological polar surface area (TPSA) is 51.8 Å². The number of hydrogen-bond donors (Lipinski definition) is 0. The van der Waals surface area contributed by atoms with E-state index in [1.54, 1.807) is 11.3 Å². The summed E-state index contributed by atoms with van der Waals surface area (Å²) < 4.78 is 6.86. The molecule has 0 aliphatic carbocycles. The van der Waals surface area contributed by atoms with Gasteiger partial charge in [-0.25, -0.2) is 4.98 Å². The van der Waals surface area contributed by atoms with E-state index in [1.165, 1.54) is 0 Å². The maximum Gasteiger partial charge on any atom is 0.248 e. The van der Waals surface area contributed by atoms with Crippen LogP contribution in [0.3, 0.4) is 0 Å². The van der Waals surface area contributed by atoms with E-state index in [0.717, 1.165) is 21.3 Å². The molecule has 5 heteroatoms. The molecule has 4 rings (SSSR count). The van der Waals surface area contributed by atoms with E-state index >= 15 is 0 Å². The van der Waals surface area contributed by atoms with Gasteiger partial charge in [-0.05, 0) is 30.3 Å². The molecule has 0 unspecified atom stereocenters. The lowest BCUT2D eigenvalue weighted by molar-refractivity contribution is 0.584. The van der Waals surface area contributed by atoms with Gasteiger partial charge in [0, 0.05) is 11.1 Å². The van der Waals surface area contributed by atoms with Crippen molar-refractivity contribution in [2.75, 3.05) is 0 Å². The number of fused-ring (bicyclic) bond motifs is 1. The van der Waals surface area contributed by atoms with Crippen LogP contribution in [0, 0.1) is 0 Å². The Balaban J connectivity index is 1.77. The molecule has 0 saturated carbocycles. The summed E-state index contributed by atoms with van der Waals surface area (Å²) >= 11 is 1.60. The third kappa shape index (κ3) is 1.88. The predicted molar refractivity (Wildman–Crippen MR) is 78.3 cm³/mol. The molecule has 0 saturated heterocycles. The summed E-state index contributed by atoms with van der Waals surface area (Å²) in [6.45, 7) is 0. The van der Waals surface area contributed by atoms with Gasteiger partial charge in [0.25, 0.3) is 0 Å². The largest absolute Gasteiger partial charge is 0.416 e. The molecule has 0 radical (unpaired) electrons. The van der Waals surface area contributed by atoms with Gasteiger partial charge < -0.3 is 4.42 Å². The molecule has 4 aromatic rings.